The molecule has 0 fully saturated rings. The molecule has 3 rings (SSSR count). The molecule has 0 unspecified atom stereocenters. The summed E-state index contributed by atoms with van der Waals surface area (Å²) in [6.45, 7) is 0. The number of nitrogens with one attached hydrogen (secondary N) is 2. The molecular weight excluding hydrogens is 380 g/mol. The molecule has 0 bridgehead atoms. The van der Waals surface area contributed by atoms with Crippen molar-refractivity contribution >= 4 is 45.3 Å². The number of amides is 2. The molecule has 1 aromatic carbocycles. The maximum atomic E-state index is 13.1. The average molecular weight is 393 g/mol. The van der Waals surface area contributed by atoms with Crippen molar-refractivity contribution in [3.05, 3.63) is 63.3 Å². The molecule has 134 valence electrons. The summed E-state index contributed by atoms with van der Waals surface area (Å²) in [6.07, 6.45) is 0.488. The second-order valence-electron chi connectivity index (χ2n) is 5.25. The molecule has 26 heavy (non-hydrogen) atoms. The Balaban J connectivity index is 1.50. The van der Waals surface area contributed by atoms with E-state index >= 15 is 0 Å². The Kier molecular flexibility index (Phi) is 5.69. The summed E-state index contributed by atoms with van der Waals surface area (Å²) in [5, 5.41) is 9.23. The number of carbonyl (C=O) groups is 2. The number of thiazole rings is 1. The fourth-order valence-electron chi connectivity index (χ4n) is 2.08. The van der Waals surface area contributed by atoms with Crippen LogP contribution in [0.4, 0.5) is 19.6 Å². The second-order valence-corrected chi connectivity index (χ2v) is 7.06. The van der Waals surface area contributed by atoms with Crippen LogP contribution in [0.1, 0.15) is 21.8 Å². The van der Waals surface area contributed by atoms with Crippen molar-refractivity contribution in [1.82, 2.24) is 4.98 Å². The zero-order valence-electron chi connectivity index (χ0n) is 13.3. The smallest absolute Gasteiger partial charge is 0.267 e. The molecule has 3 aromatic rings. The summed E-state index contributed by atoms with van der Waals surface area (Å²) in [5.74, 6) is -2.55. The largest absolute Gasteiger partial charge is 0.326 e. The first-order valence-corrected chi connectivity index (χ1v) is 9.31. The maximum absolute atomic E-state index is 13.1. The van der Waals surface area contributed by atoms with E-state index in [-0.39, 0.29) is 23.9 Å². The molecule has 0 aliphatic rings. The third kappa shape index (κ3) is 4.70. The normalized spacial score (nSPS) is 10.5. The minimum atomic E-state index is -1.02. The van der Waals surface area contributed by atoms with E-state index in [9.17, 15) is 18.4 Å². The predicted molar refractivity (Wildman–Crippen MR) is 97.7 cm³/mol. The van der Waals surface area contributed by atoms with Gasteiger partial charge in [0.25, 0.3) is 5.91 Å². The van der Waals surface area contributed by atoms with E-state index in [0.29, 0.717) is 22.1 Å². The van der Waals surface area contributed by atoms with Crippen LogP contribution >= 0.6 is 22.7 Å². The van der Waals surface area contributed by atoms with Crippen molar-refractivity contribution in [2.45, 2.75) is 12.8 Å². The fraction of sp³-hybridized carbons (Fsp3) is 0.118. The standard InChI is InChI=1S/C17H13F2N3O2S2/c18-12-5-3-10(8-13(12)19)20-15(23)6-4-11-9-26-17(21-11)22-16(24)14-2-1-7-25-14/h1-3,5,7-9H,4,6H2,(H,20,23)(H,21,22,24). The maximum Gasteiger partial charge on any atom is 0.267 e. The van der Waals surface area contributed by atoms with Crippen LogP contribution in [0.2, 0.25) is 0 Å². The molecular formula is C17H13F2N3O2S2. The number of carbonyl (C=O) groups excluding carboxylic acids is 2. The summed E-state index contributed by atoms with van der Waals surface area (Å²) >= 11 is 2.61. The molecule has 0 spiro atoms. The number of halogens is 2. The SMILES string of the molecule is O=C(CCc1csc(NC(=O)c2cccs2)n1)Nc1ccc(F)c(F)c1. The monoisotopic (exact) mass is 393 g/mol. The molecule has 0 aliphatic heterocycles. The highest BCUT2D eigenvalue weighted by atomic mass is 32.1. The third-order valence-electron chi connectivity index (χ3n) is 3.33. The minimum Gasteiger partial charge on any atom is -0.326 e. The number of hydrogen-bond acceptors (Lipinski definition) is 5. The van der Waals surface area contributed by atoms with Crippen LogP contribution in [0.3, 0.4) is 0 Å². The Morgan fingerprint density at radius 2 is 1.92 bits per heavy atom. The van der Waals surface area contributed by atoms with Gasteiger partial charge in [-0.2, -0.15) is 0 Å². The van der Waals surface area contributed by atoms with Crippen LogP contribution in [0, 0.1) is 11.6 Å². The van der Waals surface area contributed by atoms with E-state index in [1.165, 1.54) is 28.7 Å². The molecule has 0 atom stereocenters. The number of nitrogens with zero attached hydrogens (tertiary/aromatic N) is 1. The summed E-state index contributed by atoms with van der Waals surface area (Å²) in [6, 6.07) is 6.68. The highest BCUT2D eigenvalue weighted by molar-refractivity contribution is 7.14. The molecule has 0 saturated heterocycles. The first-order valence-electron chi connectivity index (χ1n) is 7.55. The van der Waals surface area contributed by atoms with Gasteiger partial charge in [0.05, 0.1) is 10.6 Å². The zero-order chi connectivity index (χ0) is 18.5. The van der Waals surface area contributed by atoms with Gasteiger partial charge in [-0.15, -0.1) is 22.7 Å². The molecule has 0 radical (unpaired) electrons. The fourth-order valence-corrected chi connectivity index (χ4v) is 3.44. The highest BCUT2D eigenvalue weighted by Crippen LogP contribution is 2.19. The van der Waals surface area contributed by atoms with E-state index in [1.807, 2.05) is 5.38 Å². The minimum absolute atomic E-state index is 0.126. The topological polar surface area (TPSA) is 71.1 Å². The lowest BCUT2D eigenvalue weighted by Crippen LogP contribution is -2.13. The van der Waals surface area contributed by atoms with Crippen LogP contribution in [0.25, 0.3) is 0 Å². The van der Waals surface area contributed by atoms with Crippen LogP contribution < -0.4 is 10.6 Å². The lowest BCUT2D eigenvalue weighted by Gasteiger charge is -2.05. The highest BCUT2D eigenvalue weighted by Gasteiger charge is 2.11. The molecule has 2 amide bonds. The van der Waals surface area contributed by atoms with Crippen molar-refractivity contribution in [1.29, 1.82) is 0 Å². The van der Waals surface area contributed by atoms with E-state index in [4.69, 9.17) is 0 Å². The number of hydrogen-bond donors (Lipinski definition) is 2. The Morgan fingerprint density at radius 1 is 1.08 bits per heavy atom. The van der Waals surface area contributed by atoms with Crippen LogP contribution in [0.15, 0.2) is 41.1 Å². The van der Waals surface area contributed by atoms with Crippen molar-refractivity contribution in [3.63, 3.8) is 0 Å². The van der Waals surface area contributed by atoms with Crippen molar-refractivity contribution in [2.75, 3.05) is 10.6 Å². The molecule has 2 heterocycles. The van der Waals surface area contributed by atoms with Crippen LogP contribution in [-0.4, -0.2) is 16.8 Å². The summed E-state index contributed by atoms with van der Waals surface area (Å²) in [5.41, 5.74) is 0.855. The summed E-state index contributed by atoms with van der Waals surface area (Å²) in [4.78, 5) is 28.7. The number of rotatable bonds is 6. The lowest BCUT2D eigenvalue weighted by atomic mass is 10.2. The molecule has 9 heteroatoms. The van der Waals surface area contributed by atoms with Gasteiger partial charge >= 0.3 is 0 Å². The molecule has 0 aliphatic carbocycles. The van der Waals surface area contributed by atoms with Crippen molar-refractivity contribution < 1.29 is 18.4 Å². The molecule has 2 aromatic heterocycles. The molecule has 2 N–H and O–H groups in total. The molecule has 5 nitrogen and oxygen atoms in total. The Hall–Kier alpha value is -2.65. The van der Waals surface area contributed by atoms with Crippen molar-refractivity contribution in [3.8, 4) is 0 Å². The van der Waals surface area contributed by atoms with Gasteiger partial charge in [-0.3, -0.25) is 14.9 Å². The summed E-state index contributed by atoms with van der Waals surface area (Å²) < 4.78 is 26.0. The van der Waals surface area contributed by atoms with Gasteiger partial charge in [0.1, 0.15) is 0 Å². The number of benzene rings is 1. The van der Waals surface area contributed by atoms with E-state index < -0.39 is 11.6 Å². The van der Waals surface area contributed by atoms with Crippen LogP contribution in [0.5, 0.6) is 0 Å². The van der Waals surface area contributed by atoms with Gasteiger partial charge < -0.3 is 5.32 Å². The number of thiophene rings is 1. The third-order valence-corrected chi connectivity index (χ3v) is 5.00. The second kappa shape index (κ2) is 8.15. The predicted octanol–water partition coefficient (Wildman–Crippen LogP) is 4.31. The van der Waals surface area contributed by atoms with Gasteiger partial charge in [0.2, 0.25) is 5.91 Å². The van der Waals surface area contributed by atoms with Gasteiger partial charge in [-0.1, -0.05) is 6.07 Å². The van der Waals surface area contributed by atoms with Gasteiger partial charge in [-0.25, -0.2) is 13.8 Å². The lowest BCUT2D eigenvalue weighted by molar-refractivity contribution is -0.116. The van der Waals surface area contributed by atoms with Gasteiger partial charge in [0, 0.05) is 23.6 Å². The van der Waals surface area contributed by atoms with Crippen molar-refractivity contribution in [2.24, 2.45) is 0 Å². The number of aryl methyl sites for hydroxylation is 1. The quantitative estimate of drug-likeness (QED) is 0.656. The first-order chi connectivity index (χ1) is 12.5. The zero-order valence-corrected chi connectivity index (χ0v) is 14.9. The average Bonchev–Trinajstić information content (AvgIpc) is 3.28. The van der Waals surface area contributed by atoms with Gasteiger partial charge in [-0.05, 0) is 30.0 Å². The summed E-state index contributed by atoms with van der Waals surface area (Å²) in [7, 11) is 0. The van der Waals surface area contributed by atoms with E-state index in [0.717, 1.165) is 12.1 Å². The number of anilines is 2. The van der Waals surface area contributed by atoms with Gasteiger partial charge in [0.15, 0.2) is 16.8 Å². The first kappa shape index (κ1) is 18.2. The van der Waals surface area contributed by atoms with Crippen LogP contribution in [-0.2, 0) is 11.2 Å². The number of aromatic nitrogens is 1. The Labute approximate surface area is 155 Å². The Morgan fingerprint density at radius 3 is 2.65 bits per heavy atom. The van der Waals surface area contributed by atoms with E-state index in [2.05, 4.69) is 15.6 Å². The molecule has 0 saturated carbocycles. The Bertz CT molecular complexity index is 926. The van der Waals surface area contributed by atoms with E-state index in [1.54, 1.807) is 17.5 Å².